The molecule has 0 aliphatic carbocycles. The normalized spacial score (nSPS) is 11.7. The summed E-state index contributed by atoms with van der Waals surface area (Å²) >= 11 is 0. The molecule has 0 saturated carbocycles. The van der Waals surface area contributed by atoms with Crippen molar-refractivity contribution in [3.63, 3.8) is 0 Å². The van der Waals surface area contributed by atoms with Crippen molar-refractivity contribution in [3.8, 4) is 5.75 Å². The van der Waals surface area contributed by atoms with Gasteiger partial charge in [-0.2, -0.15) is 0 Å². The lowest BCUT2D eigenvalue weighted by atomic mass is 10.1. The summed E-state index contributed by atoms with van der Waals surface area (Å²) in [6.07, 6.45) is -0.536. The Morgan fingerprint density at radius 2 is 1.75 bits per heavy atom. The van der Waals surface area contributed by atoms with Gasteiger partial charge in [0.1, 0.15) is 11.8 Å². The Kier molecular flexibility index (Phi) is 5.73. The first-order valence-corrected chi connectivity index (χ1v) is 7.32. The number of carbonyl (C=O) groups is 3. The van der Waals surface area contributed by atoms with Crippen LogP contribution < -0.4 is 10.1 Å². The molecule has 1 amide bonds. The molecule has 0 fully saturated rings. The van der Waals surface area contributed by atoms with Gasteiger partial charge < -0.3 is 20.3 Å². The summed E-state index contributed by atoms with van der Waals surface area (Å²) in [6, 6.07) is 11.7. The third kappa shape index (κ3) is 4.70. The van der Waals surface area contributed by atoms with Crippen LogP contribution in [0.5, 0.6) is 5.75 Å². The number of carboxylic acids is 2. The number of fused-ring (bicyclic) bond motifs is 1. The van der Waals surface area contributed by atoms with E-state index in [4.69, 9.17) is 14.9 Å². The van der Waals surface area contributed by atoms with Gasteiger partial charge >= 0.3 is 11.9 Å². The van der Waals surface area contributed by atoms with Crippen molar-refractivity contribution in [3.05, 3.63) is 42.5 Å². The van der Waals surface area contributed by atoms with E-state index < -0.39 is 23.9 Å². The minimum atomic E-state index is -1.28. The van der Waals surface area contributed by atoms with Gasteiger partial charge in [0.2, 0.25) is 0 Å². The summed E-state index contributed by atoms with van der Waals surface area (Å²) in [5.41, 5.74) is 0. The van der Waals surface area contributed by atoms with Crippen LogP contribution in [-0.4, -0.2) is 40.7 Å². The van der Waals surface area contributed by atoms with E-state index in [0.29, 0.717) is 5.75 Å². The summed E-state index contributed by atoms with van der Waals surface area (Å²) in [6.45, 7) is -0.356. The topological polar surface area (TPSA) is 113 Å². The van der Waals surface area contributed by atoms with Crippen molar-refractivity contribution in [1.29, 1.82) is 0 Å². The van der Waals surface area contributed by atoms with Crippen molar-refractivity contribution in [2.75, 3.05) is 6.61 Å². The first-order valence-electron chi connectivity index (χ1n) is 7.32. The van der Waals surface area contributed by atoms with Crippen LogP contribution >= 0.6 is 0 Å². The highest BCUT2D eigenvalue weighted by Crippen LogP contribution is 2.24. The molecule has 1 atom stereocenters. The standard InChI is InChI=1S/C17H17NO6/c19-15(18-13(17(22)23)8-9-16(20)21)10-24-14-7-3-5-11-4-1-2-6-12(11)14/h1-7,13H,8-10H2,(H,18,19)(H,20,21)(H,22,23)/t13-/m0/s1. The minimum Gasteiger partial charge on any atom is -0.483 e. The van der Waals surface area contributed by atoms with Gasteiger partial charge in [0.15, 0.2) is 6.61 Å². The van der Waals surface area contributed by atoms with Crippen molar-refractivity contribution in [2.45, 2.75) is 18.9 Å². The number of hydrogen-bond acceptors (Lipinski definition) is 4. The van der Waals surface area contributed by atoms with Crippen molar-refractivity contribution in [2.24, 2.45) is 0 Å². The lowest BCUT2D eigenvalue weighted by Gasteiger charge is -2.14. The molecule has 0 unspecified atom stereocenters. The number of carbonyl (C=O) groups excluding carboxylic acids is 1. The molecule has 2 rings (SSSR count). The average molecular weight is 331 g/mol. The fourth-order valence-corrected chi connectivity index (χ4v) is 2.23. The molecule has 126 valence electrons. The zero-order valence-electron chi connectivity index (χ0n) is 12.8. The summed E-state index contributed by atoms with van der Waals surface area (Å²) < 4.78 is 5.47. The molecular weight excluding hydrogens is 314 g/mol. The SMILES string of the molecule is O=C(O)CC[C@H](NC(=O)COc1cccc2ccccc12)C(=O)O. The molecule has 24 heavy (non-hydrogen) atoms. The Balaban J connectivity index is 1.96. The second kappa shape index (κ2) is 7.96. The first-order chi connectivity index (χ1) is 11.5. The molecule has 2 aromatic carbocycles. The van der Waals surface area contributed by atoms with Gasteiger partial charge in [-0.15, -0.1) is 0 Å². The molecule has 2 aromatic rings. The van der Waals surface area contributed by atoms with Gasteiger partial charge in [0, 0.05) is 11.8 Å². The number of nitrogens with one attached hydrogen (secondary N) is 1. The lowest BCUT2D eigenvalue weighted by Crippen LogP contribution is -2.43. The maximum atomic E-state index is 11.9. The zero-order chi connectivity index (χ0) is 17.5. The van der Waals surface area contributed by atoms with Crippen LogP contribution in [0.4, 0.5) is 0 Å². The Labute approximate surface area is 137 Å². The van der Waals surface area contributed by atoms with Crippen molar-refractivity contribution >= 4 is 28.6 Å². The van der Waals surface area contributed by atoms with Crippen LogP contribution in [0.25, 0.3) is 10.8 Å². The van der Waals surface area contributed by atoms with Crippen LogP contribution in [0.1, 0.15) is 12.8 Å². The second-order valence-corrected chi connectivity index (χ2v) is 5.16. The third-order valence-electron chi connectivity index (χ3n) is 3.39. The first kappa shape index (κ1) is 17.3. The van der Waals surface area contributed by atoms with Gasteiger partial charge in [-0.1, -0.05) is 36.4 Å². The number of aliphatic carboxylic acids is 2. The largest absolute Gasteiger partial charge is 0.483 e. The number of ether oxygens (including phenoxy) is 1. The van der Waals surface area contributed by atoms with Gasteiger partial charge in [0.25, 0.3) is 5.91 Å². The summed E-state index contributed by atoms with van der Waals surface area (Å²) in [5, 5.41) is 21.7. The summed E-state index contributed by atoms with van der Waals surface area (Å²) in [4.78, 5) is 33.4. The Morgan fingerprint density at radius 1 is 1.04 bits per heavy atom. The van der Waals surface area contributed by atoms with Crippen LogP contribution in [0.2, 0.25) is 0 Å². The molecular formula is C17H17NO6. The zero-order valence-corrected chi connectivity index (χ0v) is 12.8. The Bertz CT molecular complexity index is 752. The predicted octanol–water partition coefficient (Wildman–Crippen LogP) is 1.65. The second-order valence-electron chi connectivity index (χ2n) is 5.16. The average Bonchev–Trinajstić information content (AvgIpc) is 2.56. The van der Waals surface area contributed by atoms with E-state index in [1.54, 1.807) is 12.1 Å². The van der Waals surface area contributed by atoms with Gasteiger partial charge in [-0.3, -0.25) is 9.59 Å². The van der Waals surface area contributed by atoms with Crippen LogP contribution in [0.15, 0.2) is 42.5 Å². The number of hydrogen-bond donors (Lipinski definition) is 3. The maximum Gasteiger partial charge on any atom is 0.326 e. The molecule has 7 heteroatoms. The summed E-state index contributed by atoms with van der Waals surface area (Å²) in [7, 11) is 0. The van der Waals surface area contributed by atoms with Crippen LogP contribution in [0, 0.1) is 0 Å². The van der Waals surface area contributed by atoms with Gasteiger partial charge in [-0.05, 0) is 17.9 Å². The summed E-state index contributed by atoms with van der Waals surface area (Å²) in [5.74, 6) is -2.52. The number of benzene rings is 2. The highest BCUT2D eigenvalue weighted by molar-refractivity contribution is 5.89. The van der Waals surface area contributed by atoms with E-state index >= 15 is 0 Å². The van der Waals surface area contributed by atoms with E-state index in [2.05, 4.69) is 5.32 Å². The van der Waals surface area contributed by atoms with E-state index in [-0.39, 0.29) is 19.4 Å². The highest BCUT2D eigenvalue weighted by atomic mass is 16.5. The monoisotopic (exact) mass is 331 g/mol. The van der Waals surface area contributed by atoms with E-state index in [0.717, 1.165) is 10.8 Å². The maximum absolute atomic E-state index is 11.9. The van der Waals surface area contributed by atoms with Gasteiger partial charge in [0.05, 0.1) is 0 Å². The molecule has 0 heterocycles. The molecule has 7 nitrogen and oxygen atoms in total. The fraction of sp³-hybridized carbons (Fsp3) is 0.235. The molecule has 0 radical (unpaired) electrons. The Hall–Kier alpha value is -3.09. The smallest absolute Gasteiger partial charge is 0.326 e. The van der Waals surface area contributed by atoms with E-state index in [1.807, 2.05) is 30.3 Å². The fourth-order valence-electron chi connectivity index (χ4n) is 2.23. The number of carboxylic acid groups (broad SMARTS) is 2. The predicted molar refractivity (Wildman–Crippen MR) is 85.9 cm³/mol. The third-order valence-corrected chi connectivity index (χ3v) is 3.39. The molecule has 3 N–H and O–H groups in total. The van der Waals surface area contributed by atoms with Crippen molar-refractivity contribution in [1.82, 2.24) is 5.32 Å². The Morgan fingerprint density at radius 3 is 2.46 bits per heavy atom. The molecule has 0 aliphatic heterocycles. The van der Waals surface area contributed by atoms with E-state index in [9.17, 15) is 14.4 Å². The number of amides is 1. The molecule has 0 bridgehead atoms. The van der Waals surface area contributed by atoms with E-state index in [1.165, 1.54) is 0 Å². The lowest BCUT2D eigenvalue weighted by molar-refractivity contribution is -0.143. The van der Waals surface area contributed by atoms with Crippen LogP contribution in [-0.2, 0) is 14.4 Å². The molecule has 0 aliphatic rings. The molecule has 0 saturated heterocycles. The number of rotatable bonds is 8. The van der Waals surface area contributed by atoms with Crippen molar-refractivity contribution < 1.29 is 29.3 Å². The molecule has 0 spiro atoms. The highest BCUT2D eigenvalue weighted by Gasteiger charge is 2.21. The quantitative estimate of drug-likeness (QED) is 0.678. The van der Waals surface area contributed by atoms with Gasteiger partial charge in [-0.25, -0.2) is 4.79 Å². The van der Waals surface area contributed by atoms with Crippen LogP contribution in [0.3, 0.4) is 0 Å². The minimum absolute atomic E-state index is 0.190. The molecule has 0 aromatic heterocycles.